The molecule has 7 heteroatoms. The highest BCUT2D eigenvalue weighted by atomic mass is 16.6. The van der Waals surface area contributed by atoms with E-state index >= 15 is 0 Å². The Hall–Kier alpha value is -3.22. The van der Waals surface area contributed by atoms with Crippen molar-refractivity contribution in [3.8, 4) is 0 Å². The van der Waals surface area contributed by atoms with Gasteiger partial charge in [-0.05, 0) is 30.2 Å². The van der Waals surface area contributed by atoms with Crippen molar-refractivity contribution in [2.45, 2.75) is 12.8 Å². The van der Waals surface area contributed by atoms with Gasteiger partial charge in [0.2, 0.25) is 5.91 Å². The van der Waals surface area contributed by atoms with E-state index in [2.05, 4.69) is 4.98 Å². The van der Waals surface area contributed by atoms with Gasteiger partial charge in [0.1, 0.15) is 5.52 Å². The average molecular weight is 311 g/mol. The minimum absolute atomic E-state index is 0.0145. The van der Waals surface area contributed by atoms with Gasteiger partial charge in [-0.15, -0.1) is 0 Å². The predicted molar refractivity (Wildman–Crippen MR) is 83.0 cm³/mol. The van der Waals surface area contributed by atoms with Crippen molar-refractivity contribution in [1.82, 2.24) is 4.98 Å². The number of oxazole rings is 1. The molecular weight excluding hydrogens is 298 g/mol. The average Bonchev–Trinajstić information content (AvgIpc) is 2.95. The van der Waals surface area contributed by atoms with Gasteiger partial charge in [-0.2, -0.15) is 0 Å². The van der Waals surface area contributed by atoms with Gasteiger partial charge in [0.05, 0.1) is 4.92 Å². The number of nitrogens with zero attached hydrogens (tertiary/aromatic N) is 2. The van der Waals surface area contributed by atoms with Gasteiger partial charge < -0.3 is 10.2 Å². The molecule has 0 radical (unpaired) electrons. The first kappa shape index (κ1) is 14.7. The Morgan fingerprint density at radius 3 is 2.57 bits per heavy atom. The summed E-state index contributed by atoms with van der Waals surface area (Å²) in [6, 6.07) is 11.3. The molecule has 0 saturated heterocycles. The lowest BCUT2D eigenvalue weighted by atomic mass is 10.1. The lowest BCUT2D eigenvalue weighted by Crippen LogP contribution is -2.10. The molecule has 0 atom stereocenters. The summed E-state index contributed by atoms with van der Waals surface area (Å²) in [6.45, 7) is 0. The third kappa shape index (κ3) is 3.18. The molecule has 0 bridgehead atoms. The summed E-state index contributed by atoms with van der Waals surface area (Å²) >= 11 is 0. The standard InChI is InChI=1S/C16H13N3O4/c17-16(20)11-4-1-10(2-5-11)3-8-15-18-13-9-12(19(21)22)6-7-14(13)23-15/h1-2,4-7,9H,3,8H2,(H2,17,20). The number of fused-ring (bicyclic) bond motifs is 1. The Labute approximate surface area is 130 Å². The number of non-ortho nitro benzene ring substituents is 1. The summed E-state index contributed by atoms with van der Waals surface area (Å²) in [5, 5.41) is 10.8. The Kier molecular flexibility index (Phi) is 3.76. The summed E-state index contributed by atoms with van der Waals surface area (Å²) in [4.78, 5) is 25.6. The first-order valence-corrected chi connectivity index (χ1v) is 6.95. The van der Waals surface area contributed by atoms with Crippen LogP contribution >= 0.6 is 0 Å². The Morgan fingerprint density at radius 1 is 1.17 bits per heavy atom. The number of aromatic nitrogens is 1. The molecule has 3 rings (SSSR count). The van der Waals surface area contributed by atoms with Gasteiger partial charge in [-0.25, -0.2) is 4.98 Å². The maximum absolute atomic E-state index is 11.0. The van der Waals surface area contributed by atoms with E-state index in [1.54, 1.807) is 18.2 Å². The predicted octanol–water partition coefficient (Wildman–Crippen LogP) is 2.62. The van der Waals surface area contributed by atoms with E-state index in [-0.39, 0.29) is 5.69 Å². The molecule has 23 heavy (non-hydrogen) atoms. The maximum atomic E-state index is 11.0. The second-order valence-electron chi connectivity index (χ2n) is 5.08. The van der Waals surface area contributed by atoms with Crippen LogP contribution in [0.15, 0.2) is 46.9 Å². The molecule has 116 valence electrons. The third-order valence-corrected chi connectivity index (χ3v) is 3.49. The number of nitrogens with two attached hydrogens (primary N) is 1. The fourth-order valence-corrected chi connectivity index (χ4v) is 2.27. The Bertz CT molecular complexity index is 884. The maximum Gasteiger partial charge on any atom is 0.271 e. The first-order valence-electron chi connectivity index (χ1n) is 6.95. The number of amides is 1. The van der Waals surface area contributed by atoms with Gasteiger partial charge in [0, 0.05) is 24.1 Å². The molecule has 0 unspecified atom stereocenters. The highest BCUT2D eigenvalue weighted by Crippen LogP contribution is 2.22. The summed E-state index contributed by atoms with van der Waals surface area (Å²) in [7, 11) is 0. The Balaban J connectivity index is 1.74. The largest absolute Gasteiger partial charge is 0.441 e. The molecule has 0 spiro atoms. The van der Waals surface area contributed by atoms with E-state index in [9.17, 15) is 14.9 Å². The molecule has 2 aromatic carbocycles. The van der Waals surface area contributed by atoms with Crippen LogP contribution in [0.25, 0.3) is 11.1 Å². The van der Waals surface area contributed by atoms with E-state index in [1.165, 1.54) is 12.1 Å². The minimum atomic E-state index is -0.464. The van der Waals surface area contributed by atoms with Crippen LogP contribution in [0, 0.1) is 10.1 Å². The van der Waals surface area contributed by atoms with E-state index < -0.39 is 10.8 Å². The molecular formula is C16H13N3O4. The SMILES string of the molecule is NC(=O)c1ccc(CCc2nc3cc([N+](=O)[O-])ccc3o2)cc1. The van der Waals surface area contributed by atoms with Gasteiger partial charge in [0.25, 0.3) is 5.69 Å². The number of carbonyl (C=O) groups is 1. The zero-order valence-corrected chi connectivity index (χ0v) is 12.1. The minimum Gasteiger partial charge on any atom is -0.441 e. The van der Waals surface area contributed by atoms with Crippen LogP contribution in [0.4, 0.5) is 5.69 Å². The summed E-state index contributed by atoms with van der Waals surface area (Å²) in [5.41, 5.74) is 7.65. The van der Waals surface area contributed by atoms with Crippen LogP contribution in [0.1, 0.15) is 21.8 Å². The smallest absolute Gasteiger partial charge is 0.271 e. The molecule has 3 aromatic rings. The zero-order valence-electron chi connectivity index (χ0n) is 12.1. The molecule has 1 heterocycles. The topological polar surface area (TPSA) is 112 Å². The summed E-state index contributed by atoms with van der Waals surface area (Å²) in [6.07, 6.45) is 1.23. The number of hydrogen-bond donors (Lipinski definition) is 1. The fraction of sp³-hybridized carbons (Fsp3) is 0.125. The molecule has 2 N–H and O–H groups in total. The first-order chi connectivity index (χ1) is 11.0. The van der Waals surface area contributed by atoms with Crippen LogP contribution in [-0.2, 0) is 12.8 Å². The van der Waals surface area contributed by atoms with Crippen molar-refractivity contribution in [2.75, 3.05) is 0 Å². The number of nitro benzene ring substituents is 1. The molecule has 0 aliphatic heterocycles. The fourth-order valence-electron chi connectivity index (χ4n) is 2.27. The second-order valence-corrected chi connectivity index (χ2v) is 5.08. The summed E-state index contributed by atoms with van der Waals surface area (Å²) < 4.78 is 5.58. The van der Waals surface area contributed by atoms with Gasteiger partial charge in [0.15, 0.2) is 11.5 Å². The van der Waals surface area contributed by atoms with E-state index in [0.29, 0.717) is 35.4 Å². The number of hydrogen-bond acceptors (Lipinski definition) is 5. The van der Waals surface area contributed by atoms with Crippen molar-refractivity contribution < 1.29 is 14.1 Å². The molecule has 0 aliphatic carbocycles. The van der Waals surface area contributed by atoms with Crippen LogP contribution < -0.4 is 5.73 Å². The number of aryl methyl sites for hydroxylation is 2. The van der Waals surface area contributed by atoms with Crippen molar-refractivity contribution in [1.29, 1.82) is 0 Å². The van der Waals surface area contributed by atoms with Crippen LogP contribution in [0.2, 0.25) is 0 Å². The van der Waals surface area contributed by atoms with Crippen molar-refractivity contribution >= 4 is 22.7 Å². The van der Waals surface area contributed by atoms with Crippen molar-refractivity contribution in [3.05, 3.63) is 69.6 Å². The van der Waals surface area contributed by atoms with Gasteiger partial charge in [-0.1, -0.05) is 12.1 Å². The molecule has 7 nitrogen and oxygen atoms in total. The second kappa shape index (κ2) is 5.88. The number of nitro groups is 1. The molecule has 1 amide bonds. The van der Waals surface area contributed by atoms with E-state index in [0.717, 1.165) is 5.56 Å². The monoisotopic (exact) mass is 311 g/mol. The number of carbonyl (C=O) groups excluding carboxylic acids is 1. The highest BCUT2D eigenvalue weighted by Gasteiger charge is 2.11. The molecule has 0 fully saturated rings. The van der Waals surface area contributed by atoms with Crippen LogP contribution in [0.5, 0.6) is 0 Å². The van der Waals surface area contributed by atoms with Crippen molar-refractivity contribution in [3.63, 3.8) is 0 Å². The lowest BCUT2D eigenvalue weighted by Gasteiger charge is -2.00. The van der Waals surface area contributed by atoms with Gasteiger partial charge in [-0.3, -0.25) is 14.9 Å². The lowest BCUT2D eigenvalue weighted by molar-refractivity contribution is -0.384. The molecule has 0 saturated carbocycles. The van der Waals surface area contributed by atoms with Crippen molar-refractivity contribution in [2.24, 2.45) is 5.73 Å². The number of primary amides is 1. The van der Waals surface area contributed by atoms with E-state index in [1.807, 2.05) is 12.1 Å². The zero-order chi connectivity index (χ0) is 16.4. The van der Waals surface area contributed by atoms with Crippen LogP contribution in [0.3, 0.4) is 0 Å². The number of rotatable bonds is 5. The Morgan fingerprint density at radius 2 is 1.91 bits per heavy atom. The quantitative estimate of drug-likeness (QED) is 0.575. The van der Waals surface area contributed by atoms with Gasteiger partial charge >= 0.3 is 0 Å². The molecule has 0 aliphatic rings. The normalized spacial score (nSPS) is 10.8. The third-order valence-electron chi connectivity index (χ3n) is 3.49. The summed E-state index contributed by atoms with van der Waals surface area (Å²) in [5.74, 6) is 0.0524. The van der Waals surface area contributed by atoms with E-state index in [4.69, 9.17) is 10.2 Å². The number of benzene rings is 2. The highest BCUT2D eigenvalue weighted by molar-refractivity contribution is 5.92. The molecule has 1 aromatic heterocycles. The van der Waals surface area contributed by atoms with Crippen LogP contribution in [-0.4, -0.2) is 15.8 Å².